The van der Waals surface area contributed by atoms with Crippen molar-refractivity contribution in [2.75, 3.05) is 10.5 Å². The van der Waals surface area contributed by atoms with Crippen molar-refractivity contribution in [1.29, 1.82) is 0 Å². The van der Waals surface area contributed by atoms with E-state index in [9.17, 15) is 13.2 Å². The van der Waals surface area contributed by atoms with Crippen LogP contribution in [-0.2, 0) is 26.8 Å². The lowest BCUT2D eigenvalue weighted by Crippen LogP contribution is -2.16. The van der Waals surface area contributed by atoms with Crippen LogP contribution in [0.5, 0.6) is 0 Å². The largest absolute Gasteiger partial charge is 0.481 e. The van der Waals surface area contributed by atoms with Crippen LogP contribution >= 0.6 is 35.0 Å². The summed E-state index contributed by atoms with van der Waals surface area (Å²) in [6.45, 7) is 0. The number of carboxylic acids is 1. The summed E-state index contributed by atoms with van der Waals surface area (Å²) >= 11 is 13.3. The van der Waals surface area contributed by atoms with Crippen LogP contribution in [0.1, 0.15) is 0 Å². The first-order valence-corrected chi connectivity index (χ1v) is 10.7. The Labute approximate surface area is 163 Å². The Morgan fingerprint density at radius 3 is 2.48 bits per heavy atom. The minimum absolute atomic E-state index is 0.363. The third kappa shape index (κ3) is 5.98. The molecule has 0 spiro atoms. The highest BCUT2D eigenvalue weighted by atomic mass is 35.5. The molecule has 0 bridgehead atoms. The number of aliphatic carboxylic acids is 1. The number of nitrogens with one attached hydrogen (secondary N) is 1. The second kappa shape index (κ2) is 9.02. The number of anilines is 1. The van der Waals surface area contributed by atoms with E-state index in [1.165, 1.54) is 23.9 Å². The van der Waals surface area contributed by atoms with Gasteiger partial charge in [0, 0.05) is 14.8 Å². The topological polar surface area (TPSA) is 109 Å². The highest BCUT2D eigenvalue weighted by molar-refractivity contribution is 7.99. The number of carbonyl (C=O) groups is 1. The van der Waals surface area contributed by atoms with Crippen LogP contribution in [0, 0.1) is 0 Å². The van der Waals surface area contributed by atoms with Gasteiger partial charge >= 0.3 is 5.97 Å². The maximum absolute atomic E-state index is 11.8. The second-order valence-electron chi connectivity index (χ2n) is 4.62. The fraction of sp³-hybridized carbons (Fsp3) is 0.0714. The van der Waals surface area contributed by atoms with Gasteiger partial charge in [-0.25, -0.2) is 13.6 Å². The van der Waals surface area contributed by atoms with E-state index in [4.69, 9.17) is 33.4 Å². The minimum Gasteiger partial charge on any atom is -0.481 e. The van der Waals surface area contributed by atoms with Gasteiger partial charge in [0.15, 0.2) is 0 Å². The molecule has 0 radical (unpaired) electrons. The van der Waals surface area contributed by atoms with Gasteiger partial charge in [-0.2, -0.15) is 0 Å². The maximum Gasteiger partial charge on any atom is 0.318 e. The van der Waals surface area contributed by atoms with E-state index in [2.05, 4.69) is 4.72 Å². The van der Waals surface area contributed by atoms with Crippen molar-refractivity contribution in [1.82, 2.24) is 0 Å². The Morgan fingerprint density at radius 2 is 1.88 bits per heavy atom. The van der Waals surface area contributed by atoms with E-state index in [0.717, 1.165) is 0 Å². The van der Waals surface area contributed by atoms with Crippen molar-refractivity contribution >= 4 is 68.6 Å². The number of carboxylic acid groups (broad SMARTS) is 1. The standard InChI is InChI=1S/C14H12Cl2N2O4S3/c15-8-1-4-12(10(16)5-8)23-13-6-9(25(17)22)2-3-11(13)18-24(21)7-14(19)20/h1-6,18H,7,17H2,(H,19,20). The molecule has 2 unspecified atom stereocenters. The number of halogens is 2. The predicted molar refractivity (Wildman–Crippen MR) is 102 cm³/mol. The monoisotopic (exact) mass is 438 g/mol. The molecule has 2 aromatic rings. The Hall–Kier alpha value is -1.10. The molecule has 0 aliphatic carbocycles. The van der Waals surface area contributed by atoms with Crippen LogP contribution in [-0.4, -0.2) is 25.2 Å². The van der Waals surface area contributed by atoms with Crippen LogP contribution in [0.4, 0.5) is 5.69 Å². The van der Waals surface area contributed by atoms with Gasteiger partial charge in [-0.05, 0) is 36.4 Å². The molecule has 0 aliphatic heterocycles. The lowest BCUT2D eigenvalue weighted by Gasteiger charge is -2.13. The van der Waals surface area contributed by atoms with Crippen molar-refractivity contribution in [2.24, 2.45) is 5.14 Å². The predicted octanol–water partition coefficient (Wildman–Crippen LogP) is 3.29. The fourth-order valence-electron chi connectivity index (χ4n) is 1.74. The summed E-state index contributed by atoms with van der Waals surface area (Å²) in [5.41, 5.74) is 0.407. The van der Waals surface area contributed by atoms with Crippen LogP contribution in [0.2, 0.25) is 10.0 Å². The number of nitrogens with two attached hydrogens (primary N) is 1. The highest BCUT2D eigenvalue weighted by Gasteiger charge is 2.14. The van der Waals surface area contributed by atoms with Crippen molar-refractivity contribution < 1.29 is 18.3 Å². The van der Waals surface area contributed by atoms with Crippen molar-refractivity contribution in [2.45, 2.75) is 14.7 Å². The molecule has 0 saturated carbocycles. The molecule has 0 amide bonds. The van der Waals surface area contributed by atoms with Crippen molar-refractivity contribution in [3.05, 3.63) is 46.4 Å². The first-order valence-electron chi connectivity index (χ1n) is 6.56. The van der Waals surface area contributed by atoms with E-state index >= 15 is 0 Å². The highest BCUT2D eigenvalue weighted by Crippen LogP contribution is 2.39. The zero-order chi connectivity index (χ0) is 18.6. The molecule has 134 valence electrons. The van der Waals surface area contributed by atoms with Crippen LogP contribution < -0.4 is 9.86 Å². The molecule has 0 saturated heterocycles. The van der Waals surface area contributed by atoms with Crippen LogP contribution in [0.15, 0.2) is 51.1 Å². The first kappa shape index (κ1) is 20.2. The molecule has 2 aromatic carbocycles. The van der Waals surface area contributed by atoms with Crippen LogP contribution in [0.3, 0.4) is 0 Å². The summed E-state index contributed by atoms with van der Waals surface area (Å²) in [6, 6.07) is 9.55. The van der Waals surface area contributed by atoms with Gasteiger partial charge in [0.25, 0.3) is 0 Å². The molecule has 0 aliphatic rings. The Morgan fingerprint density at radius 1 is 1.16 bits per heavy atom. The van der Waals surface area contributed by atoms with Gasteiger partial charge in [0.2, 0.25) is 0 Å². The van der Waals surface area contributed by atoms with E-state index in [-0.39, 0.29) is 0 Å². The summed E-state index contributed by atoms with van der Waals surface area (Å²) in [5.74, 6) is -1.75. The minimum atomic E-state index is -1.82. The van der Waals surface area contributed by atoms with E-state index < -0.39 is 33.7 Å². The van der Waals surface area contributed by atoms with Crippen molar-refractivity contribution in [3.8, 4) is 0 Å². The summed E-state index contributed by atoms with van der Waals surface area (Å²) in [6.07, 6.45) is 0. The zero-order valence-corrected chi connectivity index (χ0v) is 16.4. The quantitative estimate of drug-likeness (QED) is 0.614. The molecule has 0 heterocycles. The molecule has 11 heteroatoms. The Balaban J connectivity index is 2.37. The molecule has 0 aromatic heterocycles. The van der Waals surface area contributed by atoms with Crippen molar-refractivity contribution in [3.63, 3.8) is 0 Å². The summed E-state index contributed by atoms with van der Waals surface area (Å²) in [7, 11) is -3.52. The van der Waals surface area contributed by atoms with Gasteiger partial charge in [-0.15, -0.1) is 0 Å². The van der Waals surface area contributed by atoms with Gasteiger partial charge in [-0.3, -0.25) is 4.79 Å². The third-order valence-corrected chi connectivity index (χ3v) is 6.25. The lowest BCUT2D eigenvalue weighted by atomic mass is 10.3. The van der Waals surface area contributed by atoms with Crippen LogP contribution in [0.25, 0.3) is 0 Å². The van der Waals surface area contributed by atoms with E-state index in [1.807, 2.05) is 0 Å². The second-order valence-corrected chi connectivity index (χ2v) is 8.80. The SMILES string of the molecule is NS(=O)c1ccc(NS(=O)CC(=O)O)c(Sc2ccc(Cl)cc2Cl)c1. The molecule has 4 N–H and O–H groups in total. The summed E-state index contributed by atoms with van der Waals surface area (Å²) in [4.78, 5) is 12.2. The van der Waals surface area contributed by atoms with E-state index in [0.29, 0.717) is 30.4 Å². The fourth-order valence-corrected chi connectivity index (χ4v) is 4.51. The maximum atomic E-state index is 11.8. The molecule has 0 fully saturated rings. The molecule has 2 atom stereocenters. The average Bonchev–Trinajstić information content (AvgIpc) is 2.50. The molecule has 25 heavy (non-hydrogen) atoms. The van der Waals surface area contributed by atoms with Gasteiger partial charge in [0.1, 0.15) is 27.7 Å². The first-order chi connectivity index (χ1) is 11.8. The number of hydrogen-bond donors (Lipinski definition) is 3. The van der Waals surface area contributed by atoms with E-state index in [1.54, 1.807) is 24.3 Å². The normalized spacial score (nSPS) is 13.2. The molecule has 6 nitrogen and oxygen atoms in total. The molecular weight excluding hydrogens is 427 g/mol. The number of rotatable bonds is 7. The van der Waals surface area contributed by atoms with Gasteiger partial charge < -0.3 is 9.83 Å². The van der Waals surface area contributed by atoms with Gasteiger partial charge in [-0.1, -0.05) is 35.0 Å². The molecule has 2 rings (SSSR count). The summed E-state index contributed by atoms with van der Waals surface area (Å²) in [5, 5.41) is 15.0. The van der Waals surface area contributed by atoms with Gasteiger partial charge in [0.05, 0.1) is 15.6 Å². The Kier molecular flexibility index (Phi) is 7.29. The smallest absolute Gasteiger partial charge is 0.318 e. The summed E-state index contributed by atoms with van der Waals surface area (Å²) < 4.78 is 26.0. The number of benzene rings is 2. The zero-order valence-electron chi connectivity index (χ0n) is 12.4. The third-order valence-electron chi connectivity index (χ3n) is 2.78. The Bertz CT molecular complexity index is 864. The molecular formula is C14H12Cl2N2O4S3. The lowest BCUT2D eigenvalue weighted by molar-refractivity contribution is -0.133. The average molecular weight is 439 g/mol. The number of hydrogen-bond acceptors (Lipinski definition) is 4.